The Labute approximate surface area is 85.7 Å². The van der Waals surface area contributed by atoms with E-state index in [9.17, 15) is 8.42 Å². The van der Waals surface area contributed by atoms with Gasteiger partial charge >= 0.3 is 0 Å². The van der Waals surface area contributed by atoms with E-state index in [2.05, 4.69) is 5.32 Å². The maximum absolute atomic E-state index is 11.7. The van der Waals surface area contributed by atoms with E-state index in [0.717, 1.165) is 25.9 Å². The topological polar surface area (TPSA) is 49.4 Å². The van der Waals surface area contributed by atoms with Crippen molar-refractivity contribution in [3.8, 4) is 0 Å². The fourth-order valence-corrected chi connectivity index (χ4v) is 3.22. The molecular weight excluding hydrogens is 200 g/mol. The number of hydrogen-bond donors (Lipinski definition) is 1. The standard InChI is InChI=1S/C9H18N2O2S/c12-14(13,11-6-1-2-7-11)8-5-10-9-3-4-9/h9-10H,1-8H2. The molecule has 0 unspecified atom stereocenters. The summed E-state index contributed by atoms with van der Waals surface area (Å²) in [6.07, 6.45) is 4.47. The highest BCUT2D eigenvalue weighted by Crippen LogP contribution is 2.18. The maximum atomic E-state index is 11.7. The quantitative estimate of drug-likeness (QED) is 0.715. The number of rotatable bonds is 5. The smallest absolute Gasteiger partial charge is 0.215 e. The third-order valence-electron chi connectivity index (χ3n) is 2.83. The molecule has 1 aliphatic carbocycles. The Bertz CT molecular complexity index is 279. The number of nitrogens with one attached hydrogen (secondary N) is 1. The van der Waals surface area contributed by atoms with Crippen LogP contribution in [0.5, 0.6) is 0 Å². The third kappa shape index (κ3) is 2.68. The predicted octanol–water partition coefficient (Wildman–Crippen LogP) is 0.164. The molecule has 2 aliphatic rings. The van der Waals surface area contributed by atoms with Gasteiger partial charge in [0.15, 0.2) is 0 Å². The van der Waals surface area contributed by atoms with Gasteiger partial charge in [0.25, 0.3) is 0 Å². The molecule has 0 spiro atoms. The van der Waals surface area contributed by atoms with Crippen LogP contribution in [0, 0.1) is 0 Å². The summed E-state index contributed by atoms with van der Waals surface area (Å²) in [6.45, 7) is 2.07. The minimum atomic E-state index is -2.96. The molecule has 1 aliphatic heterocycles. The summed E-state index contributed by atoms with van der Waals surface area (Å²) in [7, 11) is -2.96. The van der Waals surface area contributed by atoms with Gasteiger partial charge in [0.1, 0.15) is 0 Å². The van der Waals surface area contributed by atoms with Crippen LogP contribution in [0.4, 0.5) is 0 Å². The molecule has 1 saturated carbocycles. The average Bonchev–Trinajstić information content (AvgIpc) is 2.80. The van der Waals surface area contributed by atoms with E-state index in [1.807, 2.05) is 0 Å². The van der Waals surface area contributed by atoms with Crippen LogP contribution < -0.4 is 5.32 Å². The Morgan fingerprint density at radius 2 is 1.86 bits per heavy atom. The average molecular weight is 218 g/mol. The van der Waals surface area contributed by atoms with Crippen molar-refractivity contribution in [2.75, 3.05) is 25.4 Å². The molecule has 14 heavy (non-hydrogen) atoms. The van der Waals surface area contributed by atoms with E-state index in [0.29, 0.717) is 12.6 Å². The molecule has 0 atom stereocenters. The molecule has 0 bridgehead atoms. The number of sulfonamides is 1. The van der Waals surface area contributed by atoms with Crippen molar-refractivity contribution in [3.63, 3.8) is 0 Å². The lowest BCUT2D eigenvalue weighted by Crippen LogP contribution is -2.34. The highest BCUT2D eigenvalue weighted by atomic mass is 32.2. The molecule has 0 aromatic carbocycles. The summed E-state index contributed by atoms with van der Waals surface area (Å²) in [6, 6.07) is 0.601. The van der Waals surface area contributed by atoms with Gasteiger partial charge in [0, 0.05) is 25.7 Å². The first-order valence-corrected chi connectivity index (χ1v) is 7.00. The fraction of sp³-hybridized carbons (Fsp3) is 1.00. The van der Waals surface area contributed by atoms with Gasteiger partial charge in [0.05, 0.1) is 5.75 Å². The molecule has 0 radical (unpaired) electrons. The Hall–Kier alpha value is -0.130. The Morgan fingerprint density at radius 1 is 1.21 bits per heavy atom. The largest absolute Gasteiger partial charge is 0.313 e. The van der Waals surface area contributed by atoms with Crippen molar-refractivity contribution < 1.29 is 8.42 Å². The van der Waals surface area contributed by atoms with Crippen LogP contribution in [0.15, 0.2) is 0 Å². The maximum Gasteiger partial charge on any atom is 0.215 e. The van der Waals surface area contributed by atoms with Crippen LogP contribution in [-0.4, -0.2) is 44.2 Å². The normalized spacial score (nSPS) is 24.3. The Balaban J connectivity index is 1.75. The highest BCUT2D eigenvalue weighted by Gasteiger charge is 2.26. The first-order chi connectivity index (χ1) is 6.68. The molecule has 0 aromatic rings. The van der Waals surface area contributed by atoms with Crippen LogP contribution in [0.2, 0.25) is 0 Å². The monoisotopic (exact) mass is 218 g/mol. The number of hydrogen-bond acceptors (Lipinski definition) is 3. The minimum absolute atomic E-state index is 0.267. The molecule has 5 heteroatoms. The summed E-state index contributed by atoms with van der Waals surface area (Å²) in [5.74, 6) is 0.267. The summed E-state index contributed by atoms with van der Waals surface area (Å²) >= 11 is 0. The first kappa shape index (κ1) is 10.4. The van der Waals surface area contributed by atoms with Crippen LogP contribution in [0.3, 0.4) is 0 Å². The summed E-state index contributed by atoms with van der Waals surface area (Å²) in [5.41, 5.74) is 0. The van der Waals surface area contributed by atoms with Crippen molar-refractivity contribution in [1.29, 1.82) is 0 Å². The van der Waals surface area contributed by atoms with E-state index >= 15 is 0 Å². The van der Waals surface area contributed by atoms with Gasteiger partial charge in [-0.1, -0.05) is 0 Å². The van der Waals surface area contributed by atoms with Crippen molar-refractivity contribution in [2.24, 2.45) is 0 Å². The molecule has 1 saturated heterocycles. The molecular formula is C9H18N2O2S. The lowest BCUT2D eigenvalue weighted by Gasteiger charge is -2.15. The van der Waals surface area contributed by atoms with Gasteiger partial charge < -0.3 is 5.32 Å². The third-order valence-corrected chi connectivity index (χ3v) is 4.70. The lowest BCUT2D eigenvalue weighted by molar-refractivity contribution is 0.475. The summed E-state index contributed by atoms with van der Waals surface area (Å²) in [5, 5.41) is 3.23. The second kappa shape index (κ2) is 4.16. The molecule has 82 valence electrons. The van der Waals surface area contributed by atoms with Crippen LogP contribution in [0.1, 0.15) is 25.7 Å². The zero-order chi connectivity index (χ0) is 10.0. The van der Waals surface area contributed by atoms with Crippen molar-refractivity contribution >= 4 is 10.0 Å². The Morgan fingerprint density at radius 3 is 2.43 bits per heavy atom. The van der Waals surface area contributed by atoms with Crippen molar-refractivity contribution in [2.45, 2.75) is 31.7 Å². The molecule has 4 nitrogen and oxygen atoms in total. The van der Waals surface area contributed by atoms with E-state index in [4.69, 9.17) is 0 Å². The Kier molecular flexibility index (Phi) is 3.09. The first-order valence-electron chi connectivity index (χ1n) is 5.40. The van der Waals surface area contributed by atoms with Gasteiger partial charge in [-0.25, -0.2) is 12.7 Å². The molecule has 1 heterocycles. The van der Waals surface area contributed by atoms with Crippen LogP contribution >= 0.6 is 0 Å². The summed E-state index contributed by atoms with van der Waals surface area (Å²) in [4.78, 5) is 0. The molecule has 0 aromatic heterocycles. The molecule has 2 rings (SSSR count). The van der Waals surface area contributed by atoms with Gasteiger partial charge in [-0.05, 0) is 25.7 Å². The zero-order valence-electron chi connectivity index (χ0n) is 8.41. The molecule has 2 fully saturated rings. The van der Waals surface area contributed by atoms with Gasteiger partial charge in [0.2, 0.25) is 10.0 Å². The number of nitrogens with zero attached hydrogens (tertiary/aromatic N) is 1. The highest BCUT2D eigenvalue weighted by molar-refractivity contribution is 7.89. The second-order valence-electron chi connectivity index (χ2n) is 4.15. The van der Waals surface area contributed by atoms with E-state index in [1.165, 1.54) is 12.8 Å². The lowest BCUT2D eigenvalue weighted by atomic mass is 10.4. The summed E-state index contributed by atoms with van der Waals surface area (Å²) < 4.78 is 25.1. The molecule has 0 amide bonds. The van der Waals surface area contributed by atoms with Gasteiger partial charge in [-0.2, -0.15) is 0 Å². The van der Waals surface area contributed by atoms with Crippen LogP contribution in [-0.2, 0) is 10.0 Å². The second-order valence-corrected chi connectivity index (χ2v) is 6.24. The fourth-order valence-electron chi connectivity index (χ4n) is 1.77. The predicted molar refractivity (Wildman–Crippen MR) is 55.6 cm³/mol. The minimum Gasteiger partial charge on any atom is -0.313 e. The van der Waals surface area contributed by atoms with E-state index in [1.54, 1.807) is 4.31 Å². The van der Waals surface area contributed by atoms with Crippen molar-refractivity contribution in [3.05, 3.63) is 0 Å². The van der Waals surface area contributed by atoms with Gasteiger partial charge in [-0.3, -0.25) is 0 Å². The van der Waals surface area contributed by atoms with E-state index < -0.39 is 10.0 Å². The van der Waals surface area contributed by atoms with E-state index in [-0.39, 0.29) is 5.75 Å². The SMILES string of the molecule is O=S(=O)(CCNC1CC1)N1CCCC1. The van der Waals surface area contributed by atoms with Gasteiger partial charge in [-0.15, -0.1) is 0 Å². The molecule has 1 N–H and O–H groups in total. The van der Waals surface area contributed by atoms with Crippen LogP contribution in [0.25, 0.3) is 0 Å². The zero-order valence-corrected chi connectivity index (χ0v) is 9.22. The van der Waals surface area contributed by atoms with Crippen molar-refractivity contribution in [1.82, 2.24) is 9.62 Å².